The van der Waals surface area contributed by atoms with Crippen molar-refractivity contribution in [2.45, 2.75) is 19.4 Å². The number of rotatable bonds is 7. The van der Waals surface area contributed by atoms with Gasteiger partial charge in [-0.3, -0.25) is 0 Å². The summed E-state index contributed by atoms with van der Waals surface area (Å²) in [6.45, 7) is 2.02. The number of aliphatic hydroxyl groups is 1. The van der Waals surface area contributed by atoms with Gasteiger partial charge >= 0.3 is 0 Å². The van der Waals surface area contributed by atoms with Gasteiger partial charge in [-0.25, -0.2) is 0 Å². The Morgan fingerprint density at radius 3 is 2.80 bits per heavy atom. The van der Waals surface area contributed by atoms with E-state index in [0.717, 1.165) is 31.7 Å². The van der Waals surface area contributed by atoms with Gasteiger partial charge in [0.1, 0.15) is 5.75 Å². The number of benzene rings is 1. The molecule has 3 heteroatoms. The topological polar surface area (TPSA) is 41.5 Å². The van der Waals surface area contributed by atoms with Crippen molar-refractivity contribution in [1.29, 1.82) is 0 Å². The molecule has 0 bridgehead atoms. The molecule has 0 radical (unpaired) electrons. The Labute approximate surface area is 91.1 Å². The highest BCUT2D eigenvalue weighted by Crippen LogP contribution is 2.16. The van der Waals surface area contributed by atoms with E-state index in [2.05, 4.69) is 11.4 Å². The Morgan fingerprint density at radius 2 is 2.07 bits per heavy atom. The monoisotopic (exact) mass is 209 g/mol. The predicted octanol–water partition coefficient (Wildman–Crippen LogP) is 1.56. The summed E-state index contributed by atoms with van der Waals surface area (Å²) in [7, 11) is 1.69. The van der Waals surface area contributed by atoms with E-state index in [0.29, 0.717) is 0 Å². The molecular formula is C12H19NO2. The third kappa shape index (κ3) is 4.32. The number of ether oxygens (including phenoxy) is 1. The maximum Gasteiger partial charge on any atom is 0.123 e. The van der Waals surface area contributed by atoms with E-state index < -0.39 is 0 Å². The maximum absolute atomic E-state index is 8.62. The van der Waals surface area contributed by atoms with Crippen LogP contribution in [0.4, 0.5) is 0 Å². The molecule has 0 aliphatic rings. The number of nitrogens with one attached hydrogen (secondary N) is 1. The molecular weight excluding hydrogens is 190 g/mol. The van der Waals surface area contributed by atoms with Crippen molar-refractivity contribution in [3.05, 3.63) is 29.8 Å². The third-order valence-corrected chi connectivity index (χ3v) is 2.27. The third-order valence-electron chi connectivity index (χ3n) is 2.27. The van der Waals surface area contributed by atoms with Gasteiger partial charge in [0.25, 0.3) is 0 Å². The Kier molecular flexibility index (Phi) is 5.81. The average Bonchev–Trinajstić information content (AvgIpc) is 2.29. The predicted molar refractivity (Wildman–Crippen MR) is 61.0 cm³/mol. The number of para-hydroxylation sites is 1. The minimum absolute atomic E-state index is 0.274. The van der Waals surface area contributed by atoms with E-state index in [9.17, 15) is 0 Å². The zero-order chi connectivity index (χ0) is 10.9. The second-order valence-electron chi connectivity index (χ2n) is 3.42. The van der Waals surface area contributed by atoms with Gasteiger partial charge in [-0.2, -0.15) is 0 Å². The van der Waals surface area contributed by atoms with Crippen LogP contribution in [0.2, 0.25) is 0 Å². The zero-order valence-corrected chi connectivity index (χ0v) is 9.20. The van der Waals surface area contributed by atoms with Crippen molar-refractivity contribution < 1.29 is 9.84 Å². The van der Waals surface area contributed by atoms with Crippen molar-refractivity contribution >= 4 is 0 Å². The average molecular weight is 209 g/mol. The lowest BCUT2D eigenvalue weighted by Crippen LogP contribution is -2.15. The number of aliphatic hydroxyl groups excluding tert-OH is 1. The molecule has 0 aliphatic carbocycles. The van der Waals surface area contributed by atoms with Crippen molar-refractivity contribution in [2.24, 2.45) is 0 Å². The summed E-state index contributed by atoms with van der Waals surface area (Å²) in [6.07, 6.45) is 1.87. The molecule has 2 N–H and O–H groups in total. The minimum atomic E-state index is 0.274. The van der Waals surface area contributed by atoms with Gasteiger partial charge in [-0.05, 0) is 25.5 Å². The highest BCUT2D eigenvalue weighted by Gasteiger charge is 1.99. The Bertz CT molecular complexity index is 276. The maximum atomic E-state index is 8.62. The molecule has 84 valence electrons. The van der Waals surface area contributed by atoms with E-state index in [1.165, 1.54) is 5.56 Å². The summed E-state index contributed by atoms with van der Waals surface area (Å²) in [4.78, 5) is 0. The Morgan fingerprint density at radius 1 is 1.27 bits per heavy atom. The van der Waals surface area contributed by atoms with E-state index in [1.54, 1.807) is 7.11 Å². The van der Waals surface area contributed by atoms with Gasteiger partial charge in [-0.15, -0.1) is 0 Å². The molecule has 0 amide bonds. The second-order valence-corrected chi connectivity index (χ2v) is 3.42. The first-order chi connectivity index (χ1) is 7.38. The lowest BCUT2D eigenvalue weighted by Gasteiger charge is -2.08. The smallest absolute Gasteiger partial charge is 0.123 e. The summed E-state index contributed by atoms with van der Waals surface area (Å²) >= 11 is 0. The first kappa shape index (κ1) is 12.0. The van der Waals surface area contributed by atoms with Crippen LogP contribution in [0, 0.1) is 0 Å². The van der Waals surface area contributed by atoms with Crippen LogP contribution in [-0.2, 0) is 6.54 Å². The van der Waals surface area contributed by atoms with Gasteiger partial charge in [0.2, 0.25) is 0 Å². The molecule has 0 heterocycles. The molecule has 1 rings (SSSR count). The minimum Gasteiger partial charge on any atom is -0.496 e. The summed E-state index contributed by atoms with van der Waals surface area (Å²) in [5.74, 6) is 0.923. The highest BCUT2D eigenvalue weighted by atomic mass is 16.5. The summed E-state index contributed by atoms with van der Waals surface area (Å²) in [6, 6.07) is 7.99. The number of unbranched alkanes of at least 4 members (excludes halogenated alkanes) is 1. The molecule has 1 aromatic rings. The zero-order valence-electron chi connectivity index (χ0n) is 9.20. The van der Waals surface area contributed by atoms with E-state index in [4.69, 9.17) is 9.84 Å². The fraction of sp³-hybridized carbons (Fsp3) is 0.500. The molecule has 0 aliphatic heterocycles. The first-order valence-corrected chi connectivity index (χ1v) is 5.32. The van der Waals surface area contributed by atoms with Crippen LogP contribution in [0.3, 0.4) is 0 Å². The second kappa shape index (κ2) is 7.26. The molecule has 0 unspecified atom stereocenters. The lowest BCUT2D eigenvalue weighted by molar-refractivity contribution is 0.283. The number of hydrogen-bond donors (Lipinski definition) is 2. The molecule has 0 saturated carbocycles. The highest BCUT2D eigenvalue weighted by molar-refractivity contribution is 5.32. The van der Waals surface area contributed by atoms with Crippen LogP contribution in [0.1, 0.15) is 18.4 Å². The molecule has 1 aromatic carbocycles. The van der Waals surface area contributed by atoms with Gasteiger partial charge in [0, 0.05) is 18.7 Å². The van der Waals surface area contributed by atoms with Crippen LogP contribution in [0.15, 0.2) is 24.3 Å². The number of methoxy groups -OCH3 is 1. The van der Waals surface area contributed by atoms with Crippen molar-refractivity contribution in [3.8, 4) is 5.75 Å². The molecule has 0 aromatic heterocycles. The molecule has 0 fully saturated rings. The molecule has 3 nitrogen and oxygen atoms in total. The fourth-order valence-corrected chi connectivity index (χ4v) is 1.43. The molecule has 15 heavy (non-hydrogen) atoms. The van der Waals surface area contributed by atoms with Gasteiger partial charge in [0.05, 0.1) is 7.11 Å². The van der Waals surface area contributed by atoms with Crippen LogP contribution in [0.25, 0.3) is 0 Å². The Balaban J connectivity index is 2.30. The van der Waals surface area contributed by atoms with Gasteiger partial charge in [0.15, 0.2) is 0 Å². The van der Waals surface area contributed by atoms with E-state index in [1.807, 2.05) is 18.2 Å². The normalized spacial score (nSPS) is 10.3. The quantitative estimate of drug-likeness (QED) is 0.670. The molecule has 0 saturated heterocycles. The molecule has 0 spiro atoms. The number of hydrogen-bond acceptors (Lipinski definition) is 3. The van der Waals surface area contributed by atoms with Gasteiger partial charge in [-0.1, -0.05) is 18.2 Å². The lowest BCUT2D eigenvalue weighted by atomic mass is 10.2. The van der Waals surface area contributed by atoms with Gasteiger partial charge < -0.3 is 15.2 Å². The fourth-order valence-electron chi connectivity index (χ4n) is 1.43. The largest absolute Gasteiger partial charge is 0.496 e. The summed E-state index contributed by atoms with van der Waals surface area (Å²) < 4.78 is 5.24. The Hall–Kier alpha value is -1.06. The van der Waals surface area contributed by atoms with Crippen molar-refractivity contribution in [2.75, 3.05) is 20.3 Å². The standard InChI is InChI=1S/C12H19NO2/c1-15-12-7-3-2-6-11(12)10-13-8-4-5-9-14/h2-3,6-7,13-14H,4-5,8-10H2,1H3. The SMILES string of the molecule is COc1ccccc1CNCCCCO. The summed E-state index contributed by atoms with van der Waals surface area (Å²) in [5.41, 5.74) is 1.17. The van der Waals surface area contributed by atoms with Crippen molar-refractivity contribution in [1.82, 2.24) is 5.32 Å². The summed E-state index contributed by atoms with van der Waals surface area (Å²) in [5, 5.41) is 11.9. The van der Waals surface area contributed by atoms with Crippen molar-refractivity contribution in [3.63, 3.8) is 0 Å². The van der Waals surface area contributed by atoms with Crippen LogP contribution in [-0.4, -0.2) is 25.4 Å². The first-order valence-electron chi connectivity index (χ1n) is 5.32. The van der Waals surface area contributed by atoms with Crippen LogP contribution >= 0.6 is 0 Å². The van der Waals surface area contributed by atoms with Crippen LogP contribution < -0.4 is 10.1 Å². The van der Waals surface area contributed by atoms with E-state index in [-0.39, 0.29) is 6.61 Å². The van der Waals surface area contributed by atoms with E-state index >= 15 is 0 Å². The molecule has 0 atom stereocenters. The van der Waals surface area contributed by atoms with Crippen LogP contribution in [0.5, 0.6) is 5.75 Å².